The van der Waals surface area contributed by atoms with Crippen molar-refractivity contribution < 1.29 is 18.9 Å². The summed E-state index contributed by atoms with van der Waals surface area (Å²) in [6.45, 7) is 1.87. The van der Waals surface area contributed by atoms with Crippen LogP contribution in [-0.2, 0) is 9.09 Å². The monoisotopic (exact) mass is 334 g/mol. The zero-order valence-electron chi connectivity index (χ0n) is 14.3. The lowest BCUT2D eigenvalue weighted by Gasteiger charge is -2.30. The molecule has 0 bridgehead atoms. The third kappa shape index (κ3) is 10.8. The predicted molar refractivity (Wildman–Crippen MR) is 90.8 cm³/mol. The molecule has 1 aliphatic rings. The van der Waals surface area contributed by atoms with Gasteiger partial charge in [-0.3, -0.25) is 4.52 Å². The Hall–Kier alpha value is 0.110. The Morgan fingerprint density at radius 1 is 0.682 bits per heavy atom. The molecule has 0 aromatic carbocycles. The minimum absolute atomic E-state index is 0.671. The van der Waals surface area contributed by atoms with Crippen LogP contribution in [0.4, 0.5) is 0 Å². The average molecular weight is 334 g/mol. The Labute approximate surface area is 136 Å². The highest BCUT2D eigenvalue weighted by atomic mass is 31.2. The fraction of sp³-hybridized carbons (Fsp3) is 1.00. The van der Waals surface area contributed by atoms with E-state index in [9.17, 15) is 4.57 Å². The van der Waals surface area contributed by atoms with E-state index in [1.165, 1.54) is 57.8 Å². The molecule has 1 fully saturated rings. The molecule has 1 rings (SSSR count). The molecule has 0 unspecified atom stereocenters. The third-order valence-corrected chi connectivity index (χ3v) is 5.43. The molecule has 1 saturated carbocycles. The molecule has 0 aromatic heterocycles. The first-order valence-corrected chi connectivity index (χ1v) is 10.7. The second-order valence-electron chi connectivity index (χ2n) is 7.13. The van der Waals surface area contributed by atoms with Crippen LogP contribution in [0.1, 0.15) is 103 Å². The van der Waals surface area contributed by atoms with Crippen molar-refractivity contribution in [1.82, 2.24) is 0 Å². The van der Waals surface area contributed by atoms with Gasteiger partial charge in [-0.1, -0.05) is 83.5 Å². The van der Waals surface area contributed by atoms with Crippen LogP contribution in [0.2, 0.25) is 0 Å². The van der Waals surface area contributed by atoms with E-state index in [4.69, 9.17) is 14.3 Å². The molecular formula is C17H35O4P. The van der Waals surface area contributed by atoms with Crippen LogP contribution in [0.5, 0.6) is 0 Å². The van der Waals surface area contributed by atoms with Gasteiger partial charge in [0.2, 0.25) is 0 Å². The van der Waals surface area contributed by atoms with Crippen LogP contribution < -0.4 is 0 Å². The Kier molecular flexibility index (Phi) is 9.90. The maximum Gasteiger partial charge on any atom is 0.470 e. The molecule has 1 aliphatic carbocycles. The van der Waals surface area contributed by atoms with Gasteiger partial charge in [0.1, 0.15) is 0 Å². The van der Waals surface area contributed by atoms with Gasteiger partial charge in [-0.05, 0) is 19.8 Å². The standard InChI is InChI=1S/C17H35O4P/c1-17(21-22(18,19)20)15-13-11-9-7-5-3-2-4-6-8-10-12-14-16-17/h2-16H2,1H3,(H2,18,19,20). The summed E-state index contributed by atoms with van der Waals surface area (Å²) in [6, 6.07) is 0. The van der Waals surface area contributed by atoms with E-state index in [2.05, 4.69) is 0 Å². The molecule has 0 amide bonds. The summed E-state index contributed by atoms with van der Waals surface area (Å²) in [6.07, 6.45) is 17.6. The Morgan fingerprint density at radius 3 is 1.23 bits per heavy atom. The van der Waals surface area contributed by atoms with E-state index >= 15 is 0 Å². The molecule has 0 heterocycles. The van der Waals surface area contributed by atoms with Crippen molar-refractivity contribution in [2.75, 3.05) is 0 Å². The lowest BCUT2D eigenvalue weighted by Crippen LogP contribution is -2.27. The zero-order chi connectivity index (χ0) is 16.3. The summed E-state index contributed by atoms with van der Waals surface area (Å²) >= 11 is 0. The van der Waals surface area contributed by atoms with Gasteiger partial charge in [-0.2, -0.15) is 0 Å². The average Bonchev–Trinajstić information content (AvgIpc) is 2.40. The minimum Gasteiger partial charge on any atom is -0.303 e. The van der Waals surface area contributed by atoms with Gasteiger partial charge in [0.05, 0.1) is 5.60 Å². The second kappa shape index (κ2) is 10.8. The first-order chi connectivity index (χ1) is 10.4. The summed E-state index contributed by atoms with van der Waals surface area (Å²) in [5, 5.41) is 0. The quantitative estimate of drug-likeness (QED) is 0.634. The highest BCUT2D eigenvalue weighted by Crippen LogP contribution is 2.45. The molecule has 0 aliphatic heterocycles. The summed E-state index contributed by atoms with van der Waals surface area (Å²) in [5.74, 6) is 0. The van der Waals surface area contributed by atoms with Crippen molar-refractivity contribution in [2.45, 2.75) is 109 Å². The van der Waals surface area contributed by atoms with Gasteiger partial charge in [0.15, 0.2) is 0 Å². The predicted octanol–water partition coefficient (Wildman–Crippen LogP) is 5.72. The third-order valence-electron chi connectivity index (χ3n) is 4.75. The maximum absolute atomic E-state index is 11.2. The van der Waals surface area contributed by atoms with E-state index in [1.807, 2.05) is 6.92 Å². The molecule has 0 aromatic rings. The Morgan fingerprint density at radius 2 is 0.955 bits per heavy atom. The molecule has 2 N–H and O–H groups in total. The molecule has 5 heteroatoms. The molecular weight excluding hydrogens is 299 g/mol. The number of hydrogen-bond acceptors (Lipinski definition) is 2. The van der Waals surface area contributed by atoms with Crippen LogP contribution in [-0.4, -0.2) is 15.4 Å². The van der Waals surface area contributed by atoms with Crippen molar-refractivity contribution in [3.63, 3.8) is 0 Å². The van der Waals surface area contributed by atoms with Gasteiger partial charge < -0.3 is 9.79 Å². The zero-order valence-corrected chi connectivity index (χ0v) is 15.2. The fourth-order valence-electron chi connectivity index (χ4n) is 3.45. The van der Waals surface area contributed by atoms with Crippen LogP contribution in [0, 0.1) is 0 Å². The first-order valence-electron chi connectivity index (χ1n) is 9.18. The van der Waals surface area contributed by atoms with Crippen molar-refractivity contribution >= 4 is 7.82 Å². The van der Waals surface area contributed by atoms with E-state index in [0.717, 1.165) is 38.5 Å². The lowest BCUT2D eigenvalue weighted by molar-refractivity contribution is 0.0304. The van der Waals surface area contributed by atoms with Crippen LogP contribution >= 0.6 is 7.82 Å². The summed E-state index contributed by atoms with van der Waals surface area (Å²) in [7, 11) is -4.41. The number of phosphoric acid groups is 1. The Balaban J connectivity index is 2.46. The summed E-state index contributed by atoms with van der Waals surface area (Å²) in [5.41, 5.74) is -0.671. The summed E-state index contributed by atoms with van der Waals surface area (Å²) < 4.78 is 16.4. The van der Waals surface area contributed by atoms with Gasteiger partial charge in [0, 0.05) is 0 Å². The normalized spacial score (nSPS) is 24.0. The van der Waals surface area contributed by atoms with E-state index in [0.29, 0.717) is 0 Å². The van der Waals surface area contributed by atoms with Gasteiger partial charge >= 0.3 is 7.82 Å². The van der Waals surface area contributed by atoms with E-state index in [1.54, 1.807) is 0 Å². The highest BCUT2D eigenvalue weighted by Gasteiger charge is 2.32. The van der Waals surface area contributed by atoms with Gasteiger partial charge in [-0.25, -0.2) is 4.57 Å². The molecule has 0 atom stereocenters. The van der Waals surface area contributed by atoms with Crippen molar-refractivity contribution in [2.24, 2.45) is 0 Å². The van der Waals surface area contributed by atoms with Crippen LogP contribution in [0.3, 0.4) is 0 Å². The molecule has 132 valence electrons. The largest absolute Gasteiger partial charge is 0.470 e. The van der Waals surface area contributed by atoms with Crippen molar-refractivity contribution in [3.05, 3.63) is 0 Å². The molecule has 22 heavy (non-hydrogen) atoms. The maximum atomic E-state index is 11.2. The van der Waals surface area contributed by atoms with Crippen LogP contribution in [0.15, 0.2) is 0 Å². The number of phosphoric ester groups is 1. The minimum atomic E-state index is -4.41. The van der Waals surface area contributed by atoms with E-state index < -0.39 is 13.4 Å². The van der Waals surface area contributed by atoms with E-state index in [-0.39, 0.29) is 0 Å². The van der Waals surface area contributed by atoms with Crippen molar-refractivity contribution in [3.8, 4) is 0 Å². The first kappa shape index (κ1) is 20.2. The van der Waals surface area contributed by atoms with Crippen molar-refractivity contribution in [1.29, 1.82) is 0 Å². The SMILES string of the molecule is CC1(OP(=O)(O)O)CCCCCCCCCCCCCCC1. The molecule has 0 saturated heterocycles. The molecule has 0 spiro atoms. The number of rotatable bonds is 2. The molecule has 4 nitrogen and oxygen atoms in total. The van der Waals surface area contributed by atoms with Gasteiger partial charge in [0.25, 0.3) is 0 Å². The fourth-order valence-corrected chi connectivity index (χ4v) is 4.20. The topological polar surface area (TPSA) is 66.8 Å². The van der Waals surface area contributed by atoms with Crippen LogP contribution in [0.25, 0.3) is 0 Å². The smallest absolute Gasteiger partial charge is 0.303 e. The molecule has 0 radical (unpaired) electrons. The highest BCUT2D eigenvalue weighted by molar-refractivity contribution is 7.46. The Bertz CT molecular complexity index is 311. The number of hydrogen-bond donors (Lipinski definition) is 2. The second-order valence-corrected chi connectivity index (χ2v) is 8.29. The lowest BCUT2D eigenvalue weighted by atomic mass is 9.91. The van der Waals surface area contributed by atoms with Gasteiger partial charge in [-0.15, -0.1) is 0 Å². The summed E-state index contributed by atoms with van der Waals surface area (Å²) in [4.78, 5) is 18.3.